The van der Waals surface area contributed by atoms with E-state index in [2.05, 4.69) is 25.0 Å². The minimum atomic E-state index is -4.32. The molecule has 2 aromatic heterocycles. The van der Waals surface area contributed by atoms with E-state index in [1.165, 1.54) is 6.33 Å². The molecule has 3 N–H and O–H groups in total. The van der Waals surface area contributed by atoms with E-state index >= 15 is 0 Å². The monoisotopic (exact) mass is 287 g/mol. The number of hydrogen-bond donors (Lipinski definition) is 2. The number of halogens is 3. The number of hydrogen-bond acceptors (Lipinski definition) is 6. The Kier molecular flexibility index (Phi) is 4.18. The Bertz CT molecular complexity index is 590. The van der Waals surface area contributed by atoms with Crippen molar-refractivity contribution in [3.05, 3.63) is 18.5 Å². The van der Waals surface area contributed by atoms with Crippen molar-refractivity contribution >= 4 is 22.7 Å². The van der Waals surface area contributed by atoms with Crippen LogP contribution in [-0.4, -0.2) is 40.9 Å². The maximum absolute atomic E-state index is 11.9. The summed E-state index contributed by atoms with van der Waals surface area (Å²) in [5.41, 5.74) is 5.95. The summed E-state index contributed by atoms with van der Waals surface area (Å²) in [5, 5.41) is 3.51. The van der Waals surface area contributed by atoms with E-state index in [-0.39, 0.29) is 13.2 Å². The van der Waals surface area contributed by atoms with Gasteiger partial charge >= 0.3 is 6.18 Å². The Labute approximate surface area is 112 Å². The SMILES string of the molecule is Nc1ccc2c(NCCOCC(F)(F)F)ncnc2n1. The summed E-state index contributed by atoms with van der Waals surface area (Å²) >= 11 is 0. The molecule has 9 heteroatoms. The molecule has 0 fully saturated rings. The number of alkyl halides is 3. The highest BCUT2D eigenvalue weighted by molar-refractivity contribution is 5.86. The molecule has 2 rings (SSSR count). The summed E-state index contributed by atoms with van der Waals surface area (Å²) in [7, 11) is 0. The number of nitrogens with two attached hydrogens (primary N) is 1. The van der Waals surface area contributed by atoms with E-state index in [1.54, 1.807) is 12.1 Å². The van der Waals surface area contributed by atoms with E-state index in [0.29, 0.717) is 22.7 Å². The summed E-state index contributed by atoms with van der Waals surface area (Å²) in [4.78, 5) is 12.0. The average molecular weight is 287 g/mol. The van der Waals surface area contributed by atoms with Gasteiger partial charge in [0.1, 0.15) is 24.6 Å². The Morgan fingerprint density at radius 2 is 2.05 bits per heavy atom. The highest BCUT2D eigenvalue weighted by Crippen LogP contribution is 2.18. The molecule has 0 aliphatic rings. The van der Waals surface area contributed by atoms with Crippen molar-refractivity contribution in [2.75, 3.05) is 30.8 Å². The molecule has 2 aromatic rings. The molecule has 0 saturated heterocycles. The summed E-state index contributed by atoms with van der Waals surface area (Å²) < 4.78 is 40.1. The quantitative estimate of drug-likeness (QED) is 0.812. The van der Waals surface area contributed by atoms with Crippen molar-refractivity contribution in [2.24, 2.45) is 0 Å². The normalized spacial score (nSPS) is 11.8. The number of nitrogen functional groups attached to an aromatic ring is 1. The molecule has 108 valence electrons. The van der Waals surface area contributed by atoms with Crippen LogP contribution >= 0.6 is 0 Å². The van der Waals surface area contributed by atoms with Gasteiger partial charge in [-0.05, 0) is 12.1 Å². The summed E-state index contributed by atoms with van der Waals surface area (Å²) in [6.07, 6.45) is -3.02. The molecule has 0 spiro atoms. The third-order valence-electron chi connectivity index (χ3n) is 2.32. The van der Waals surface area contributed by atoms with Crippen LogP contribution in [-0.2, 0) is 4.74 Å². The third kappa shape index (κ3) is 3.92. The number of fused-ring (bicyclic) bond motifs is 1. The van der Waals surface area contributed by atoms with Crippen LogP contribution in [0.1, 0.15) is 0 Å². The Hall–Kier alpha value is -2.16. The lowest BCUT2D eigenvalue weighted by Crippen LogP contribution is -2.20. The fourth-order valence-corrected chi connectivity index (χ4v) is 1.53. The number of ether oxygens (including phenoxy) is 1. The predicted molar refractivity (Wildman–Crippen MR) is 67.1 cm³/mol. The van der Waals surface area contributed by atoms with Gasteiger partial charge in [-0.3, -0.25) is 0 Å². The van der Waals surface area contributed by atoms with E-state index < -0.39 is 12.8 Å². The molecule has 0 amide bonds. The van der Waals surface area contributed by atoms with Gasteiger partial charge in [-0.25, -0.2) is 15.0 Å². The van der Waals surface area contributed by atoms with Crippen LogP contribution in [0.3, 0.4) is 0 Å². The van der Waals surface area contributed by atoms with Crippen molar-refractivity contribution in [2.45, 2.75) is 6.18 Å². The zero-order valence-corrected chi connectivity index (χ0v) is 10.3. The maximum Gasteiger partial charge on any atom is 0.411 e. The molecule has 0 aromatic carbocycles. The van der Waals surface area contributed by atoms with Gasteiger partial charge in [0.15, 0.2) is 5.65 Å². The van der Waals surface area contributed by atoms with Crippen molar-refractivity contribution in [3.8, 4) is 0 Å². The fourth-order valence-electron chi connectivity index (χ4n) is 1.53. The fraction of sp³-hybridized carbons (Fsp3) is 0.364. The number of nitrogens with one attached hydrogen (secondary N) is 1. The van der Waals surface area contributed by atoms with Gasteiger partial charge in [0.05, 0.1) is 12.0 Å². The Morgan fingerprint density at radius 3 is 2.80 bits per heavy atom. The van der Waals surface area contributed by atoms with Crippen LogP contribution in [0.25, 0.3) is 11.0 Å². The third-order valence-corrected chi connectivity index (χ3v) is 2.32. The first-order chi connectivity index (χ1) is 9.46. The van der Waals surface area contributed by atoms with Crippen LogP contribution in [0.2, 0.25) is 0 Å². The molecule has 2 heterocycles. The van der Waals surface area contributed by atoms with Gasteiger partial charge in [-0.1, -0.05) is 0 Å². The number of anilines is 2. The second-order valence-corrected chi connectivity index (χ2v) is 3.92. The lowest BCUT2D eigenvalue weighted by molar-refractivity contribution is -0.172. The molecule has 20 heavy (non-hydrogen) atoms. The lowest BCUT2D eigenvalue weighted by atomic mass is 10.3. The minimum Gasteiger partial charge on any atom is -0.384 e. The lowest BCUT2D eigenvalue weighted by Gasteiger charge is -2.10. The minimum absolute atomic E-state index is 0.0899. The van der Waals surface area contributed by atoms with Crippen molar-refractivity contribution in [1.29, 1.82) is 0 Å². The molecular weight excluding hydrogens is 275 g/mol. The Balaban J connectivity index is 1.93. The molecule has 0 aliphatic heterocycles. The zero-order valence-electron chi connectivity index (χ0n) is 10.3. The van der Waals surface area contributed by atoms with Crippen molar-refractivity contribution in [1.82, 2.24) is 15.0 Å². The standard InChI is InChI=1S/C11H12F3N5O/c12-11(13,14)5-20-4-3-16-9-7-1-2-8(15)19-10(7)18-6-17-9/h1-2,6H,3-5H2,(H3,15,16,17,18,19). The molecule has 0 unspecified atom stereocenters. The second kappa shape index (κ2) is 5.87. The smallest absolute Gasteiger partial charge is 0.384 e. The van der Waals surface area contributed by atoms with Gasteiger partial charge in [-0.15, -0.1) is 0 Å². The van der Waals surface area contributed by atoms with Gasteiger partial charge in [-0.2, -0.15) is 13.2 Å². The molecule has 0 bridgehead atoms. The number of nitrogens with zero attached hydrogens (tertiary/aromatic N) is 3. The average Bonchev–Trinajstić information content (AvgIpc) is 2.36. The van der Waals surface area contributed by atoms with Crippen LogP contribution in [0.15, 0.2) is 18.5 Å². The highest BCUT2D eigenvalue weighted by atomic mass is 19.4. The predicted octanol–water partition coefficient (Wildman–Crippen LogP) is 1.60. The molecule has 6 nitrogen and oxygen atoms in total. The van der Waals surface area contributed by atoms with E-state index in [1.807, 2.05) is 0 Å². The first kappa shape index (κ1) is 14.3. The summed E-state index contributed by atoms with van der Waals surface area (Å²) in [5.74, 6) is 0.800. The number of rotatable bonds is 5. The highest BCUT2D eigenvalue weighted by Gasteiger charge is 2.27. The molecule has 0 radical (unpaired) electrons. The number of aromatic nitrogens is 3. The molecular formula is C11H12F3N5O. The van der Waals surface area contributed by atoms with E-state index in [4.69, 9.17) is 5.73 Å². The van der Waals surface area contributed by atoms with Crippen LogP contribution in [0, 0.1) is 0 Å². The van der Waals surface area contributed by atoms with Gasteiger partial charge < -0.3 is 15.8 Å². The maximum atomic E-state index is 11.9. The molecule has 0 atom stereocenters. The van der Waals surface area contributed by atoms with Gasteiger partial charge in [0.25, 0.3) is 0 Å². The Morgan fingerprint density at radius 1 is 1.25 bits per heavy atom. The number of pyridine rings is 1. The van der Waals surface area contributed by atoms with E-state index in [9.17, 15) is 13.2 Å². The largest absolute Gasteiger partial charge is 0.411 e. The van der Waals surface area contributed by atoms with Crippen LogP contribution in [0.5, 0.6) is 0 Å². The topological polar surface area (TPSA) is 86.0 Å². The second-order valence-electron chi connectivity index (χ2n) is 3.92. The summed E-state index contributed by atoms with van der Waals surface area (Å²) in [6.45, 7) is -1.17. The van der Waals surface area contributed by atoms with Crippen LogP contribution < -0.4 is 11.1 Å². The first-order valence-electron chi connectivity index (χ1n) is 5.71. The van der Waals surface area contributed by atoms with Gasteiger partial charge in [0, 0.05) is 6.54 Å². The molecule has 0 aliphatic carbocycles. The van der Waals surface area contributed by atoms with E-state index in [0.717, 1.165) is 0 Å². The van der Waals surface area contributed by atoms with Crippen LogP contribution in [0.4, 0.5) is 24.8 Å². The molecule has 0 saturated carbocycles. The van der Waals surface area contributed by atoms with Crippen molar-refractivity contribution < 1.29 is 17.9 Å². The van der Waals surface area contributed by atoms with Gasteiger partial charge in [0.2, 0.25) is 0 Å². The van der Waals surface area contributed by atoms with Crippen molar-refractivity contribution in [3.63, 3.8) is 0 Å². The first-order valence-corrected chi connectivity index (χ1v) is 5.71. The summed E-state index contributed by atoms with van der Waals surface area (Å²) in [6, 6.07) is 3.29. The zero-order chi connectivity index (χ0) is 14.6.